The third-order valence-corrected chi connectivity index (χ3v) is 7.28. The predicted molar refractivity (Wildman–Crippen MR) is 131 cm³/mol. The van der Waals surface area contributed by atoms with Gasteiger partial charge in [-0.3, -0.25) is 9.59 Å². The Bertz CT molecular complexity index is 939. The van der Waals surface area contributed by atoms with Gasteiger partial charge >= 0.3 is 0 Å². The number of likely N-dealkylation sites (tertiary alicyclic amines) is 1. The molecule has 2 saturated heterocycles. The van der Waals surface area contributed by atoms with Gasteiger partial charge in [0.15, 0.2) is 11.0 Å². The number of anilines is 2. The third kappa shape index (κ3) is 6.28. The molecular formula is C24H34N6O2S. The van der Waals surface area contributed by atoms with E-state index >= 15 is 0 Å². The largest absolute Gasteiger partial charge is 0.372 e. The summed E-state index contributed by atoms with van der Waals surface area (Å²) in [5, 5.41) is 12.3. The molecule has 0 spiro atoms. The van der Waals surface area contributed by atoms with E-state index in [4.69, 9.17) is 0 Å². The lowest BCUT2D eigenvalue weighted by Gasteiger charge is -2.28. The molecule has 1 N–H and O–H groups in total. The Hall–Kier alpha value is -2.55. The summed E-state index contributed by atoms with van der Waals surface area (Å²) < 4.78 is 2.00. The average molecular weight is 471 g/mol. The second kappa shape index (κ2) is 11.5. The topological polar surface area (TPSA) is 83.4 Å². The van der Waals surface area contributed by atoms with E-state index in [9.17, 15) is 9.59 Å². The average Bonchev–Trinajstić information content (AvgIpc) is 3.12. The van der Waals surface area contributed by atoms with Gasteiger partial charge < -0.3 is 19.7 Å². The van der Waals surface area contributed by atoms with Gasteiger partial charge in [-0.05, 0) is 63.3 Å². The molecule has 0 atom stereocenters. The summed E-state index contributed by atoms with van der Waals surface area (Å²) in [6.07, 6.45) is 7.51. The first kappa shape index (κ1) is 23.6. The molecule has 2 fully saturated rings. The maximum atomic E-state index is 12.5. The molecule has 0 unspecified atom stereocenters. The molecule has 2 aromatic rings. The Kier molecular flexibility index (Phi) is 8.25. The number of hydrogen-bond donors (Lipinski definition) is 1. The highest BCUT2D eigenvalue weighted by Gasteiger charge is 2.21. The molecule has 1 aromatic heterocycles. The quantitative estimate of drug-likeness (QED) is 0.589. The first-order valence-electron chi connectivity index (χ1n) is 12.1. The number of nitrogens with zero attached hydrogens (tertiary/aromatic N) is 5. The summed E-state index contributed by atoms with van der Waals surface area (Å²) in [5.41, 5.74) is 2.02. The molecule has 0 bridgehead atoms. The zero-order valence-corrected chi connectivity index (χ0v) is 20.3. The minimum Gasteiger partial charge on any atom is -0.372 e. The van der Waals surface area contributed by atoms with Crippen molar-refractivity contribution in [3.05, 3.63) is 30.1 Å². The molecule has 33 heavy (non-hydrogen) atoms. The number of thioether (sulfide) groups is 1. The van der Waals surface area contributed by atoms with Crippen molar-refractivity contribution in [2.45, 2.75) is 70.1 Å². The second-order valence-corrected chi connectivity index (χ2v) is 9.64. The van der Waals surface area contributed by atoms with Crippen LogP contribution in [0, 0.1) is 0 Å². The number of nitrogens with one attached hydrogen (secondary N) is 1. The molecule has 2 amide bonds. The van der Waals surface area contributed by atoms with Crippen LogP contribution in [0.1, 0.15) is 57.7 Å². The van der Waals surface area contributed by atoms with Gasteiger partial charge in [-0.15, -0.1) is 10.2 Å². The van der Waals surface area contributed by atoms with Crippen molar-refractivity contribution in [1.29, 1.82) is 0 Å². The standard InChI is InChI=1S/C24H34N6O2S/c1-2-30-21(17-29-16-6-3-5-9-23(29)32)26-27-24(30)33-18-22(31)25-19-10-12-20(13-11-19)28-14-7-4-8-15-28/h10-13H,2-9,14-18H2,1H3,(H,25,31). The first-order chi connectivity index (χ1) is 16.1. The van der Waals surface area contributed by atoms with Gasteiger partial charge in [-0.1, -0.05) is 18.2 Å². The number of piperidine rings is 1. The van der Waals surface area contributed by atoms with E-state index in [1.807, 2.05) is 28.5 Å². The van der Waals surface area contributed by atoms with Crippen LogP contribution in [0.2, 0.25) is 0 Å². The van der Waals surface area contributed by atoms with Crippen molar-refractivity contribution < 1.29 is 9.59 Å². The van der Waals surface area contributed by atoms with Crippen LogP contribution in [-0.4, -0.2) is 56.9 Å². The lowest BCUT2D eigenvalue weighted by molar-refractivity contribution is -0.131. The molecule has 9 heteroatoms. The summed E-state index contributed by atoms with van der Waals surface area (Å²) in [6.45, 7) is 6.20. The fraction of sp³-hybridized carbons (Fsp3) is 0.583. The van der Waals surface area contributed by atoms with Gasteiger partial charge in [0, 0.05) is 44.0 Å². The number of aromatic nitrogens is 3. The number of amides is 2. The number of hydrogen-bond acceptors (Lipinski definition) is 6. The van der Waals surface area contributed by atoms with Crippen LogP contribution in [0.5, 0.6) is 0 Å². The molecule has 3 heterocycles. The van der Waals surface area contributed by atoms with Crippen LogP contribution in [0.3, 0.4) is 0 Å². The first-order valence-corrected chi connectivity index (χ1v) is 13.1. The summed E-state index contributed by atoms with van der Waals surface area (Å²) in [4.78, 5) is 29.1. The number of carbonyl (C=O) groups is 2. The Balaban J connectivity index is 1.30. The highest BCUT2D eigenvalue weighted by molar-refractivity contribution is 7.99. The second-order valence-electron chi connectivity index (χ2n) is 8.70. The highest BCUT2D eigenvalue weighted by Crippen LogP contribution is 2.23. The summed E-state index contributed by atoms with van der Waals surface area (Å²) in [7, 11) is 0. The molecular weight excluding hydrogens is 436 g/mol. The normalized spacial score (nSPS) is 17.2. The van der Waals surface area contributed by atoms with E-state index in [-0.39, 0.29) is 17.6 Å². The lowest BCUT2D eigenvalue weighted by Crippen LogP contribution is -2.31. The molecule has 0 saturated carbocycles. The van der Waals surface area contributed by atoms with Crippen molar-refractivity contribution >= 4 is 35.0 Å². The maximum Gasteiger partial charge on any atom is 0.234 e. The molecule has 4 rings (SSSR count). The van der Waals surface area contributed by atoms with Crippen LogP contribution in [-0.2, 0) is 22.7 Å². The van der Waals surface area contributed by atoms with Crippen molar-refractivity contribution in [3.63, 3.8) is 0 Å². The van der Waals surface area contributed by atoms with Crippen LogP contribution in [0.25, 0.3) is 0 Å². The third-order valence-electron chi connectivity index (χ3n) is 6.32. The number of carbonyl (C=O) groups excluding carboxylic acids is 2. The zero-order valence-electron chi connectivity index (χ0n) is 19.5. The maximum absolute atomic E-state index is 12.5. The molecule has 0 radical (unpaired) electrons. The van der Waals surface area contributed by atoms with Crippen LogP contribution < -0.4 is 10.2 Å². The van der Waals surface area contributed by atoms with E-state index in [2.05, 4.69) is 32.5 Å². The van der Waals surface area contributed by atoms with Crippen LogP contribution in [0.4, 0.5) is 11.4 Å². The Morgan fingerprint density at radius 2 is 1.73 bits per heavy atom. The van der Waals surface area contributed by atoms with E-state index in [1.54, 1.807) is 0 Å². The van der Waals surface area contributed by atoms with E-state index < -0.39 is 0 Å². The minimum atomic E-state index is -0.0689. The monoisotopic (exact) mass is 470 g/mol. The van der Waals surface area contributed by atoms with Gasteiger partial charge in [-0.25, -0.2) is 0 Å². The van der Waals surface area contributed by atoms with Gasteiger partial charge in [0.2, 0.25) is 11.8 Å². The van der Waals surface area contributed by atoms with Crippen molar-refractivity contribution in [2.75, 3.05) is 35.6 Å². The van der Waals surface area contributed by atoms with Crippen molar-refractivity contribution in [3.8, 4) is 0 Å². The number of benzene rings is 1. The summed E-state index contributed by atoms with van der Waals surface area (Å²) >= 11 is 1.38. The molecule has 2 aliphatic rings. The Labute approximate surface area is 200 Å². The van der Waals surface area contributed by atoms with Crippen LogP contribution in [0.15, 0.2) is 29.4 Å². The Morgan fingerprint density at radius 3 is 2.48 bits per heavy atom. The molecule has 0 aliphatic carbocycles. The van der Waals surface area contributed by atoms with Gasteiger partial charge in [0.05, 0.1) is 12.3 Å². The van der Waals surface area contributed by atoms with Crippen LogP contribution >= 0.6 is 11.8 Å². The smallest absolute Gasteiger partial charge is 0.234 e. The van der Waals surface area contributed by atoms with E-state index in [0.717, 1.165) is 50.4 Å². The van der Waals surface area contributed by atoms with Gasteiger partial charge in [0.1, 0.15) is 0 Å². The predicted octanol–water partition coefficient (Wildman–Crippen LogP) is 3.92. The Morgan fingerprint density at radius 1 is 1.00 bits per heavy atom. The molecule has 8 nitrogen and oxygen atoms in total. The fourth-order valence-corrected chi connectivity index (χ4v) is 5.29. The van der Waals surface area contributed by atoms with E-state index in [0.29, 0.717) is 24.7 Å². The molecule has 2 aliphatic heterocycles. The lowest BCUT2D eigenvalue weighted by atomic mass is 10.1. The van der Waals surface area contributed by atoms with Crippen molar-refractivity contribution in [1.82, 2.24) is 19.7 Å². The van der Waals surface area contributed by atoms with Gasteiger partial charge in [-0.2, -0.15) is 0 Å². The van der Waals surface area contributed by atoms with Crippen molar-refractivity contribution in [2.24, 2.45) is 0 Å². The van der Waals surface area contributed by atoms with Gasteiger partial charge in [0.25, 0.3) is 0 Å². The number of rotatable bonds is 8. The molecule has 178 valence electrons. The summed E-state index contributed by atoms with van der Waals surface area (Å²) in [5.74, 6) is 1.16. The summed E-state index contributed by atoms with van der Waals surface area (Å²) in [6, 6.07) is 8.10. The zero-order chi connectivity index (χ0) is 23.0. The molecule has 1 aromatic carbocycles. The fourth-order valence-electron chi connectivity index (χ4n) is 4.47. The van der Waals surface area contributed by atoms with E-state index in [1.165, 1.54) is 36.7 Å². The minimum absolute atomic E-state index is 0.0689. The highest BCUT2D eigenvalue weighted by atomic mass is 32.2. The SMILES string of the molecule is CCn1c(CN2CCCCCC2=O)nnc1SCC(=O)Nc1ccc(N2CCCCC2)cc1.